The second-order valence-electron chi connectivity index (χ2n) is 14.7. The van der Waals surface area contributed by atoms with Gasteiger partial charge in [0.05, 0.1) is 39.2 Å². The zero-order valence-electron chi connectivity index (χ0n) is 30.7. The summed E-state index contributed by atoms with van der Waals surface area (Å²) in [4.78, 5) is 18.4. The summed E-state index contributed by atoms with van der Waals surface area (Å²) in [6.45, 7) is 0. The largest absolute Gasteiger partial charge is 0.309 e. The first-order valence-corrected chi connectivity index (χ1v) is 19.2. The highest BCUT2D eigenvalue weighted by Crippen LogP contribution is 2.57. The third kappa shape index (κ3) is 4.46. The van der Waals surface area contributed by atoms with Crippen molar-refractivity contribution < 1.29 is 0 Å². The van der Waals surface area contributed by atoms with Crippen molar-refractivity contribution in [2.45, 2.75) is 5.41 Å². The monoisotopic (exact) mass is 728 g/mol. The number of aromatic nitrogens is 6. The molecule has 0 unspecified atom stereocenters. The highest BCUT2D eigenvalue weighted by Gasteiger charge is 2.47. The normalized spacial score (nSPS) is 13.1. The zero-order valence-corrected chi connectivity index (χ0v) is 30.7. The first kappa shape index (κ1) is 31.6. The lowest BCUT2D eigenvalue weighted by molar-refractivity contribution is 0.758. The maximum Gasteiger partial charge on any atom is 0.0964 e. The van der Waals surface area contributed by atoms with Crippen molar-refractivity contribution in [1.82, 2.24) is 29.1 Å². The van der Waals surface area contributed by atoms with Crippen molar-refractivity contribution >= 4 is 43.7 Å². The Bertz CT molecular complexity index is 3240. The van der Waals surface area contributed by atoms with Crippen molar-refractivity contribution in [3.05, 3.63) is 217 Å². The molecule has 6 aromatic heterocycles. The van der Waals surface area contributed by atoms with E-state index < -0.39 is 5.41 Å². The molecule has 12 rings (SSSR count). The number of benzene rings is 5. The highest BCUT2D eigenvalue weighted by molar-refractivity contribution is 6.12. The van der Waals surface area contributed by atoms with E-state index in [9.17, 15) is 0 Å². The quantitative estimate of drug-likeness (QED) is 0.177. The Balaban J connectivity index is 1.01. The number of nitrogens with zero attached hydrogens (tertiary/aromatic N) is 6. The van der Waals surface area contributed by atoms with E-state index in [1.54, 1.807) is 0 Å². The van der Waals surface area contributed by atoms with Gasteiger partial charge in [0.25, 0.3) is 0 Å². The third-order valence-electron chi connectivity index (χ3n) is 11.9. The smallest absolute Gasteiger partial charge is 0.0964 e. The molecule has 0 saturated carbocycles. The van der Waals surface area contributed by atoms with Crippen LogP contribution < -0.4 is 0 Å². The van der Waals surface area contributed by atoms with E-state index in [4.69, 9.17) is 4.98 Å². The van der Waals surface area contributed by atoms with Gasteiger partial charge < -0.3 is 9.13 Å². The minimum Gasteiger partial charge on any atom is -0.309 e. The second-order valence-corrected chi connectivity index (χ2v) is 14.7. The maximum absolute atomic E-state index is 4.69. The van der Waals surface area contributed by atoms with Crippen LogP contribution in [0.3, 0.4) is 0 Å². The molecular formula is C51H32N6. The lowest BCUT2D eigenvalue weighted by atomic mass is 9.68. The Kier molecular flexibility index (Phi) is 6.74. The molecule has 266 valence electrons. The molecule has 0 spiro atoms. The average molecular weight is 729 g/mol. The minimum absolute atomic E-state index is 0.591. The summed E-state index contributed by atoms with van der Waals surface area (Å²) in [7, 11) is 0. The summed E-state index contributed by atoms with van der Waals surface area (Å²) in [5, 5.41) is 3.55. The van der Waals surface area contributed by atoms with Crippen LogP contribution in [0, 0.1) is 0 Å². The molecule has 0 N–H and O–H groups in total. The number of para-hydroxylation sites is 1. The van der Waals surface area contributed by atoms with Gasteiger partial charge in [0.15, 0.2) is 0 Å². The molecule has 1 aliphatic carbocycles. The number of hydrogen-bond acceptors (Lipinski definition) is 4. The Morgan fingerprint density at radius 1 is 0.386 bits per heavy atom. The van der Waals surface area contributed by atoms with Gasteiger partial charge >= 0.3 is 0 Å². The van der Waals surface area contributed by atoms with E-state index >= 15 is 0 Å². The van der Waals surface area contributed by atoms with Gasteiger partial charge in [0.2, 0.25) is 0 Å². The lowest BCUT2D eigenvalue weighted by Crippen LogP contribution is -2.29. The lowest BCUT2D eigenvalue weighted by Gasteiger charge is -2.33. The fourth-order valence-corrected chi connectivity index (χ4v) is 9.54. The Morgan fingerprint density at radius 2 is 1.02 bits per heavy atom. The van der Waals surface area contributed by atoms with Crippen LogP contribution in [0.2, 0.25) is 0 Å². The summed E-state index contributed by atoms with van der Waals surface area (Å²) >= 11 is 0. The molecule has 0 radical (unpaired) electrons. The van der Waals surface area contributed by atoms with Crippen LogP contribution in [0.15, 0.2) is 195 Å². The van der Waals surface area contributed by atoms with Crippen LogP contribution in [0.25, 0.3) is 77.4 Å². The predicted molar refractivity (Wildman–Crippen MR) is 229 cm³/mol. The Morgan fingerprint density at radius 3 is 1.74 bits per heavy atom. The summed E-state index contributed by atoms with van der Waals surface area (Å²) in [5.74, 6) is 0. The van der Waals surface area contributed by atoms with Crippen LogP contribution in [-0.2, 0) is 5.41 Å². The molecule has 11 aromatic rings. The van der Waals surface area contributed by atoms with E-state index in [-0.39, 0.29) is 0 Å². The summed E-state index contributed by atoms with van der Waals surface area (Å²) < 4.78 is 4.66. The van der Waals surface area contributed by atoms with Gasteiger partial charge in [-0.25, -0.2) is 0 Å². The molecule has 0 amide bonds. The molecule has 57 heavy (non-hydrogen) atoms. The van der Waals surface area contributed by atoms with Crippen LogP contribution in [0.4, 0.5) is 0 Å². The standard InChI is InChI=1S/C51H32N6/c1-3-12-44-39(10-1)42-28-43-40-11-2-4-13-46(40)56(48(43)29-45(42)51(44,35-8-5-24-52-30-35)36-9-6-25-53-31-36)37-19-15-33(16-20-37)34-17-21-38(22-18-34)57-47-14-7-26-55-50(47)41-23-27-54-32-49(41)57/h1-32H. The zero-order chi connectivity index (χ0) is 37.5. The van der Waals surface area contributed by atoms with Crippen LogP contribution in [-0.4, -0.2) is 29.1 Å². The summed E-state index contributed by atoms with van der Waals surface area (Å²) in [6, 6.07) is 54.8. The summed E-state index contributed by atoms with van der Waals surface area (Å²) in [6.07, 6.45) is 13.3. The van der Waals surface area contributed by atoms with E-state index in [0.29, 0.717) is 0 Å². The van der Waals surface area contributed by atoms with Crippen LogP contribution in [0.1, 0.15) is 22.3 Å². The Hall–Kier alpha value is -7.70. The van der Waals surface area contributed by atoms with E-state index in [1.807, 2.05) is 67.6 Å². The SMILES string of the molecule is c1cncc(C2(c3cccnc3)c3ccccc3-c3cc4c5ccccc5n(-c5ccc(-c6ccc(-n7c8cnccc8c8ncccc87)cc6)cc5)c4cc32)c1. The predicted octanol–water partition coefficient (Wildman–Crippen LogP) is 11.5. The molecule has 1 aliphatic rings. The van der Waals surface area contributed by atoms with Crippen molar-refractivity contribution in [3.63, 3.8) is 0 Å². The van der Waals surface area contributed by atoms with Crippen molar-refractivity contribution in [2.24, 2.45) is 0 Å². The molecular weight excluding hydrogens is 697 g/mol. The molecule has 0 aliphatic heterocycles. The fourth-order valence-electron chi connectivity index (χ4n) is 9.54. The van der Waals surface area contributed by atoms with E-state index in [1.165, 1.54) is 38.5 Å². The molecule has 6 heteroatoms. The minimum atomic E-state index is -0.591. The average Bonchev–Trinajstić information content (AvgIpc) is 3.90. The van der Waals surface area contributed by atoms with Crippen molar-refractivity contribution in [2.75, 3.05) is 0 Å². The van der Waals surface area contributed by atoms with Crippen LogP contribution in [0.5, 0.6) is 0 Å². The van der Waals surface area contributed by atoms with Gasteiger partial charge in [-0.3, -0.25) is 19.9 Å². The third-order valence-corrected chi connectivity index (χ3v) is 11.9. The molecule has 0 fully saturated rings. The molecule has 5 aromatic carbocycles. The first-order chi connectivity index (χ1) is 28.3. The second kappa shape index (κ2) is 12.2. The summed E-state index contributed by atoms with van der Waals surface area (Å²) in [5.41, 5.74) is 16.5. The number of hydrogen-bond donors (Lipinski definition) is 0. The van der Waals surface area contributed by atoms with Crippen molar-refractivity contribution in [3.8, 4) is 33.6 Å². The van der Waals surface area contributed by atoms with Gasteiger partial charge in [0, 0.05) is 64.7 Å². The van der Waals surface area contributed by atoms with E-state index in [0.717, 1.165) is 61.1 Å². The molecule has 6 nitrogen and oxygen atoms in total. The van der Waals surface area contributed by atoms with Gasteiger partial charge in [0.1, 0.15) is 0 Å². The van der Waals surface area contributed by atoms with Gasteiger partial charge in [-0.2, -0.15) is 0 Å². The van der Waals surface area contributed by atoms with E-state index in [2.05, 4.69) is 151 Å². The topological polar surface area (TPSA) is 61.4 Å². The number of rotatable bonds is 5. The Labute approximate surface area is 328 Å². The van der Waals surface area contributed by atoms with Gasteiger partial charge in [-0.05, 0) is 117 Å². The molecule has 0 atom stereocenters. The number of pyridine rings is 4. The fraction of sp³-hybridized carbons (Fsp3) is 0.0196. The molecule has 0 saturated heterocycles. The molecule has 6 heterocycles. The van der Waals surface area contributed by atoms with Crippen LogP contribution >= 0.6 is 0 Å². The number of fused-ring (bicyclic) bond motifs is 9. The van der Waals surface area contributed by atoms with Crippen molar-refractivity contribution in [1.29, 1.82) is 0 Å². The first-order valence-electron chi connectivity index (χ1n) is 19.2. The highest BCUT2D eigenvalue weighted by atomic mass is 15.0. The van der Waals surface area contributed by atoms with Gasteiger partial charge in [-0.15, -0.1) is 0 Å². The molecule has 0 bridgehead atoms. The maximum atomic E-state index is 4.69. The van der Waals surface area contributed by atoms with Gasteiger partial charge in [-0.1, -0.05) is 78.9 Å².